The van der Waals surface area contributed by atoms with Gasteiger partial charge in [-0.2, -0.15) is 0 Å². The third kappa shape index (κ3) is 3.74. The van der Waals surface area contributed by atoms with Crippen LogP contribution in [0.1, 0.15) is 39.2 Å². The number of rotatable bonds is 7. The van der Waals surface area contributed by atoms with Gasteiger partial charge in [0.15, 0.2) is 0 Å². The summed E-state index contributed by atoms with van der Waals surface area (Å²) in [6, 6.07) is 8.50. The number of hydrogen-bond acceptors (Lipinski definition) is 2. The molecule has 0 aliphatic carbocycles. The van der Waals surface area contributed by atoms with Crippen molar-refractivity contribution in [3.63, 3.8) is 0 Å². The normalized spacial score (nSPS) is 11.5. The second kappa shape index (κ2) is 6.65. The predicted octanol–water partition coefficient (Wildman–Crippen LogP) is 3.46. The van der Waals surface area contributed by atoms with Crippen molar-refractivity contribution in [2.75, 3.05) is 18.5 Å². The number of anilines is 1. The van der Waals surface area contributed by atoms with E-state index >= 15 is 0 Å². The van der Waals surface area contributed by atoms with Crippen LogP contribution in [0.5, 0.6) is 0 Å². The average Bonchev–Trinajstić information content (AvgIpc) is 2.41. The van der Waals surface area contributed by atoms with Crippen molar-refractivity contribution in [2.45, 2.75) is 40.0 Å². The van der Waals surface area contributed by atoms with Crippen molar-refractivity contribution in [1.82, 2.24) is 0 Å². The molecule has 1 aromatic carbocycles. The van der Waals surface area contributed by atoms with E-state index in [-0.39, 0.29) is 12.0 Å². The molecule has 0 spiro atoms. The SMILES string of the molecule is CCc1cccc(NCC(CC)(CC)CO)c1. The minimum absolute atomic E-state index is 0.0161. The fourth-order valence-electron chi connectivity index (χ4n) is 1.97. The molecule has 2 N–H and O–H groups in total. The molecule has 0 amide bonds. The van der Waals surface area contributed by atoms with Crippen LogP contribution in [0.3, 0.4) is 0 Å². The number of nitrogens with one attached hydrogen (secondary N) is 1. The van der Waals surface area contributed by atoms with Gasteiger partial charge in [0.1, 0.15) is 0 Å². The Morgan fingerprint density at radius 3 is 2.41 bits per heavy atom. The number of hydrogen-bond donors (Lipinski definition) is 2. The summed E-state index contributed by atoms with van der Waals surface area (Å²) in [5.41, 5.74) is 2.52. The second-order valence-corrected chi connectivity index (χ2v) is 4.77. The number of benzene rings is 1. The molecule has 1 aromatic rings. The van der Waals surface area contributed by atoms with E-state index in [9.17, 15) is 5.11 Å². The van der Waals surface area contributed by atoms with Crippen LogP contribution in [-0.4, -0.2) is 18.3 Å². The van der Waals surface area contributed by atoms with Crippen molar-refractivity contribution in [1.29, 1.82) is 0 Å². The van der Waals surface area contributed by atoms with Gasteiger partial charge in [0.05, 0.1) is 6.61 Å². The molecule has 0 aliphatic rings. The first-order valence-corrected chi connectivity index (χ1v) is 6.63. The van der Waals surface area contributed by atoms with Crippen molar-refractivity contribution >= 4 is 5.69 Å². The molecule has 0 fully saturated rings. The van der Waals surface area contributed by atoms with Crippen molar-refractivity contribution in [3.8, 4) is 0 Å². The van der Waals surface area contributed by atoms with E-state index in [0.717, 1.165) is 31.5 Å². The molecule has 96 valence electrons. The van der Waals surface area contributed by atoms with E-state index in [1.165, 1.54) is 5.56 Å². The van der Waals surface area contributed by atoms with Gasteiger partial charge in [-0.05, 0) is 37.0 Å². The molecule has 0 heterocycles. The van der Waals surface area contributed by atoms with Crippen LogP contribution < -0.4 is 5.32 Å². The lowest BCUT2D eigenvalue weighted by Crippen LogP contribution is -2.32. The van der Waals surface area contributed by atoms with E-state index < -0.39 is 0 Å². The largest absolute Gasteiger partial charge is 0.396 e. The maximum atomic E-state index is 9.52. The van der Waals surface area contributed by atoms with Crippen LogP contribution in [0, 0.1) is 5.41 Å². The van der Waals surface area contributed by atoms with Crippen LogP contribution in [-0.2, 0) is 6.42 Å². The standard InChI is InChI=1S/C15H25NO/c1-4-13-8-7-9-14(10-13)16-11-15(5-2,6-3)12-17/h7-10,16-17H,4-6,11-12H2,1-3H3. The van der Waals surface area contributed by atoms with Gasteiger partial charge >= 0.3 is 0 Å². The minimum Gasteiger partial charge on any atom is -0.396 e. The summed E-state index contributed by atoms with van der Waals surface area (Å²) in [5, 5.41) is 13.0. The molecule has 2 nitrogen and oxygen atoms in total. The summed E-state index contributed by atoms with van der Waals surface area (Å²) in [4.78, 5) is 0. The molecule has 0 saturated heterocycles. The zero-order chi connectivity index (χ0) is 12.7. The highest BCUT2D eigenvalue weighted by atomic mass is 16.3. The zero-order valence-electron chi connectivity index (χ0n) is 11.3. The smallest absolute Gasteiger partial charge is 0.0504 e. The molecule has 0 unspecified atom stereocenters. The molecular weight excluding hydrogens is 210 g/mol. The van der Waals surface area contributed by atoms with Gasteiger partial charge in [0.2, 0.25) is 0 Å². The second-order valence-electron chi connectivity index (χ2n) is 4.77. The minimum atomic E-state index is 0.0161. The molecule has 0 radical (unpaired) electrons. The van der Waals surface area contributed by atoms with Gasteiger partial charge in [-0.25, -0.2) is 0 Å². The predicted molar refractivity (Wildman–Crippen MR) is 74.4 cm³/mol. The van der Waals surface area contributed by atoms with E-state index in [0.29, 0.717) is 0 Å². The van der Waals surface area contributed by atoms with Gasteiger partial charge in [-0.15, -0.1) is 0 Å². The molecule has 0 atom stereocenters. The van der Waals surface area contributed by atoms with Crippen molar-refractivity contribution < 1.29 is 5.11 Å². The lowest BCUT2D eigenvalue weighted by Gasteiger charge is -2.30. The fourth-order valence-corrected chi connectivity index (χ4v) is 1.97. The highest BCUT2D eigenvalue weighted by Gasteiger charge is 2.24. The summed E-state index contributed by atoms with van der Waals surface area (Å²) >= 11 is 0. The van der Waals surface area contributed by atoms with E-state index in [1.807, 2.05) is 0 Å². The Hall–Kier alpha value is -1.02. The third-order valence-corrected chi connectivity index (χ3v) is 3.84. The monoisotopic (exact) mass is 235 g/mol. The Morgan fingerprint density at radius 1 is 1.18 bits per heavy atom. The van der Waals surface area contributed by atoms with Crippen LogP contribution in [0.15, 0.2) is 24.3 Å². The summed E-state index contributed by atoms with van der Waals surface area (Å²) in [6.45, 7) is 7.53. The highest BCUT2D eigenvalue weighted by Crippen LogP contribution is 2.26. The molecule has 0 aromatic heterocycles. The number of aryl methyl sites for hydroxylation is 1. The van der Waals surface area contributed by atoms with E-state index in [1.54, 1.807) is 0 Å². The van der Waals surface area contributed by atoms with Crippen LogP contribution in [0.2, 0.25) is 0 Å². The van der Waals surface area contributed by atoms with Crippen LogP contribution >= 0.6 is 0 Å². The van der Waals surface area contributed by atoms with Gasteiger partial charge < -0.3 is 10.4 Å². The maximum absolute atomic E-state index is 9.52. The van der Waals surface area contributed by atoms with Gasteiger partial charge in [-0.1, -0.05) is 32.9 Å². The summed E-state index contributed by atoms with van der Waals surface area (Å²) in [6.07, 6.45) is 3.06. The molecule has 2 heteroatoms. The number of aliphatic hydroxyl groups is 1. The molecular formula is C15H25NO. The van der Waals surface area contributed by atoms with Crippen LogP contribution in [0.4, 0.5) is 5.69 Å². The first-order valence-electron chi connectivity index (χ1n) is 6.63. The van der Waals surface area contributed by atoms with Crippen LogP contribution in [0.25, 0.3) is 0 Å². The molecule has 17 heavy (non-hydrogen) atoms. The van der Waals surface area contributed by atoms with E-state index in [4.69, 9.17) is 0 Å². The van der Waals surface area contributed by atoms with Crippen molar-refractivity contribution in [2.24, 2.45) is 5.41 Å². The van der Waals surface area contributed by atoms with Crippen molar-refractivity contribution in [3.05, 3.63) is 29.8 Å². The van der Waals surface area contributed by atoms with E-state index in [2.05, 4.69) is 50.4 Å². The topological polar surface area (TPSA) is 32.3 Å². The highest BCUT2D eigenvalue weighted by molar-refractivity contribution is 5.45. The third-order valence-electron chi connectivity index (χ3n) is 3.84. The fraction of sp³-hybridized carbons (Fsp3) is 0.600. The Morgan fingerprint density at radius 2 is 1.88 bits per heavy atom. The molecule has 0 saturated carbocycles. The lowest BCUT2D eigenvalue weighted by molar-refractivity contribution is 0.127. The number of aliphatic hydroxyl groups excluding tert-OH is 1. The Balaban J connectivity index is 2.65. The Kier molecular flexibility index (Phi) is 5.49. The lowest BCUT2D eigenvalue weighted by atomic mass is 9.83. The first-order chi connectivity index (χ1) is 8.19. The molecule has 0 aliphatic heterocycles. The molecule has 0 bridgehead atoms. The summed E-state index contributed by atoms with van der Waals surface area (Å²) in [7, 11) is 0. The summed E-state index contributed by atoms with van der Waals surface area (Å²) < 4.78 is 0. The average molecular weight is 235 g/mol. The summed E-state index contributed by atoms with van der Waals surface area (Å²) in [5.74, 6) is 0. The molecule has 1 rings (SSSR count). The van der Waals surface area contributed by atoms with Gasteiger partial charge in [0.25, 0.3) is 0 Å². The van der Waals surface area contributed by atoms with Gasteiger partial charge in [-0.3, -0.25) is 0 Å². The Labute approximate surface area is 105 Å². The van der Waals surface area contributed by atoms with Gasteiger partial charge in [0, 0.05) is 17.6 Å². The quantitative estimate of drug-likeness (QED) is 0.758. The maximum Gasteiger partial charge on any atom is 0.0504 e. The Bertz CT molecular complexity index is 323. The zero-order valence-corrected chi connectivity index (χ0v) is 11.3. The first kappa shape index (κ1) is 14.0.